The van der Waals surface area contributed by atoms with E-state index >= 15 is 0 Å². The van der Waals surface area contributed by atoms with E-state index in [-0.39, 0.29) is 0 Å². The molecule has 0 amide bonds. The zero-order chi connectivity index (χ0) is 13.5. The molecule has 2 aromatic rings. The molecule has 0 saturated heterocycles. The van der Waals surface area contributed by atoms with Gasteiger partial charge in [-0.2, -0.15) is 5.10 Å². The van der Waals surface area contributed by atoms with Crippen LogP contribution in [-0.2, 0) is 13.5 Å². The number of nitrogens with zero attached hydrogens (tertiary/aromatic N) is 2. The predicted octanol–water partition coefficient (Wildman–Crippen LogP) is 3.06. The summed E-state index contributed by atoms with van der Waals surface area (Å²) in [7, 11) is 2.00. The van der Waals surface area contributed by atoms with Gasteiger partial charge in [0.2, 0.25) is 0 Å². The van der Waals surface area contributed by atoms with E-state index in [4.69, 9.17) is 0 Å². The van der Waals surface area contributed by atoms with Crippen LogP contribution in [0.1, 0.15) is 25.5 Å². The van der Waals surface area contributed by atoms with E-state index in [9.17, 15) is 0 Å². The molecule has 3 heteroatoms. The number of para-hydroxylation sites is 1. The lowest BCUT2D eigenvalue weighted by Crippen LogP contribution is -2.15. The lowest BCUT2D eigenvalue weighted by atomic mass is 10.1. The predicted molar refractivity (Wildman–Crippen MR) is 81.3 cm³/mol. The van der Waals surface area contributed by atoms with Crippen molar-refractivity contribution in [1.82, 2.24) is 15.1 Å². The van der Waals surface area contributed by atoms with Gasteiger partial charge >= 0.3 is 0 Å². The molecule has 0 saturated carbocycles. The Kier molecular flexibility index (Phi) is 5.16. The van der Waals surface area contributed by atoms with Crippen LogP contribution in [0.15, 0.2) is 36.4 Å². The van der Waals surface area contributed by atoms with Crippen LogP contribution < -0.4 is 5.32 Å². The molecule has 0 bridgehead atoms. The van der Waals surface area contributed by atoms with Gasteiger partial charge in [0.25, 0.3) is 0 Å². The Hall–Kier alpha value is -1.61. The Bertz CT molecular complexity index is 540. The molecule has 2 rings (SSSR count). The van der Waals surface area contributed by atoms with Gasteiger partial charge in [0.1, 0.15) is 0 Å². The SMILES string of the molecule is CCCNCCC=CCc1nn(C)c2ccccc12. The standard InChI is InChI=1S/C16H23N3/c1-3-12-17-13-8-4-5-10-15-14-9-6-7-11-16(14)19(2)18-15/h4-7,9,11,17H,3,8,10,12-13H2,1-2H3. The van der Waals surface area contributed by atoms with Crippen LogP contribution in [0.2, 0.25) is 0 Å². The number of aryl methyl sites for hydroxylation is 1. The normalized spacial score (nSPS) is 11.7. The molecule has 1 aromatic carbocycles. The van der Waals surface area contributed by atoms with Crippen molar-refractivity contribution in [3.05, 3.63) is 42.1 Å². The number of hydrogen-bond donors (Lipinski definition) is 1. The number of aromatic nitrogens is 2. The highest BCUT2D eigenvalue weighted by atomic mass is 15.3. The Morgan fingerprint density at radius 3 is 2.89 bits per heavy atom. The molecule has 0 fully saturated rings. The Morgan fingerprint density at radius 1 is 1.21 bits per heavy atom. The highest BCUT2D eigenvalue weighted by Crippen LogP contribution is 2.17. The van der Waals surface area contributed by atoms with E-state index in [0.717, 1.165) is 31.6 Å². The van der Waals surface area contributed by atoms with Gasteiger partial charge in [0, 0.05) is 18.9 Å². The molecule has 0 aliphatic rings. The number of rotatable bonds is 7. The van der Waals surface area contributed by atoms with Gasteiger partial charge in [-0.25, -0.2) is 0 Å². The van der Waals surface area contributed by atoms with Gasteiger partial charge in [-0.05, 0) is 32.0 Å². The Balaban J connectivity index is 1.89. The summed E-state index contributed by atoms with van der Waals surface area (Å²) in [6.45, 7) is 4.36. The van der Waals surface area contributed by atoms with E-state index < -0.39 is 0 Å². The quantitative estimate of drug-likeness (QED) is 0.610. The first-order chi connectivity index (χ1) is 9.33. The molecule has 0 radical (unpaired) electrons. The van der Waals surface area contributed by atoms with Crippen molar-refractivity contribution in [1.29, 1.82) is 0 Å². The molecule has 1 N–H and O–H groups in total. The zero-order valence-corrected chi connectivity index (χ0v) is 11.9. The minimum atomic E-state index is 0.912. The van der Waals surface area contributed by atoms with Crippen LogP contribution >= 0.6 is 0 Å². The highest BCUT2D eigenvalue weighted by molar-refractivity contribution is 5.81. The van der Waals surface area contributed by atoms with Crippen molar-refractivity contribution in [3.8, 4) is 0 Å². The van der Waals surface area contributed by atoms with Crippen LogP contribution in [0.3, 0.4) is 0 Å². The fraction of sp³-hybridized carbons (Fsp3) is 0.438. The van der Waals surface area contributed by atoms with Gasteiger partial charge in [-0.1, -0.05) is 37.3 Å². The number of hydrogen-bond acceptors (Lipinski definition) is 2. The second-order valence-electron chi connectivity index (χ2n) is 4.80. The lowest BCUT2D eigenvalue weighted by molar-refractivity contribution is 0.678. The minimum absolute atomic E-state index is 0.912. The van der Waals surface area contributed by atoms with Gasteiger partial charge < -0.3 is 5.32 Å². The average molecular weight is 257 g/mol. The summed E-state index contributed by atoms with van der Waals surface area (Å²) in [5.74, 6) is 0. The van der Waals surface area contributed by atoms with Gasteiger partial charge in [-0.3, -0.25) is 4.68 Å². The van der Waals surface area contributed by atoms with E-state index in [1.807, 2.05) is 11.7 Å². The largest absolute Gasteiger partial charge is 0.316 e. The lowest BCUT2D eigenvalue weighted by Gasteiger charge is -1.98. The van der Waals surface area contributed by atoms with E-state index in [1.165, 1.54) is 17.3 Å². The first kappa shape index (κ1) is 13.8. The molecular weight excluding hydrogens is 234 g/mol. The van der Waals surface area contributed by atoms with Crippen LogP contribution in [0.25, 0.3) is 10.9 Å². The van der Waals surface area contributed by atoms with Gasteiger partial charge in [-0.15, -0.1) is 0 Å². The maximum absolute atomic E-state index is 4.59. The van der Waals surface area contributed by atoms with Crippen molar-refractivity contribution in [2.45, 2.75) is 26.2 Å². The van der Waals surface area contributed by atoms with Crippen LogP contribution in [0, 0.1) is 0 Å². The second-order valence-corrected chi connectivity index (χ2v) is 4.80. The third-order valence-corrected chi connectivity index (χ3v) is 3.23. The molecule has 1 heterocycles. The van der Waals surface area contributed by atoms with Crippen molar-refractivity contribution in [2.75, 3.05) is 13.1 Å². The monoisotopic (exact) mass is 257 g/mol. The molecule has 1 aromatic heterocycles. The number of nitrogens with one attached hydrogen (secondary N) is 1. The molecule has 0 unspecified atom stereocenters. The molecule has 19 heavy (non-hydrogen) atoms. The van der Waals surface area contributed by atoms with Crippen LogP contribution in [-0.4, -0.2) is 22.9 Å². The maximum atomic E-state index is 4.59. The van der Waals surface area contributed by atoms with Crippen LogP contribution in [0.4, 0.5) is 0 Å². The first-order valence-corrected chi connectivity index (χ1v) is 7.09. The molecule has 3 nitrogen and oxygen atoms in total. The summed E-state index contributed by atoms with van der Waals surface area (Å²) in [5, 5.41) is 9.25. The zero-order valence-electron chi connectivity index (χ0n) is 11.9. The molecule has 0 aliphatic heterocycles. The summed E-state index contributed by atoms with van der Waals surface area (Å²) >= 11 is 0. The number of benzene rings is 1. The minimum Gasteiger partial charge on any atom is -0.316 e. The Labute approximate surface area is 115 Å². The molecule has 0 atom stereocenters. The molecule has 0 spiro atoms. The molecule has 0 aliphatic carbocycles. The van der Waals surface area contributed by atoms with E-state index in [2.05, 4.69) is 53.8 Å². The highest BCUT2D eigenvalue weighted by Gasteiger charge is 2.05. The second kappa shape index (κ2) is 7.10. The van der Waals surface area contributed by atoms with Crippen molar-refractivity contribution in [2.24, 2.45) is 7.05 Å². The fourth-order valence-electron chi connectivity index (χ4n) is 2.24. The number of allylic oxidation sites excluding steroid dienone is 1. The summed E-state index contributed by atoms with van der Waals surface area (Å²) in [6.07, 6.45) is 7.66. The van der Waals surface area contributed by atoms with Crippen molar-refractivity contribution >= 4 is 10.9 Å². The summed E-state index contributed by atoms with van der Waals surface area (Å²) in [5.41, 5.74) is 2.37. The summed E-state index contributed by atoms with van der Waals surface area (Å²) in [4.78, 5) is 0. The number of fused-ring (bicyclic) bond motifs is 1. The molecule has 102 valence electrons. The van der Waals surface area contributed by atoms with Crippen LogP contribution in [0.5, 0.6) is 0 Å². The average Bonchev–Trinajstić information content (AvgIpc) is 2.75. The van der Waals surface area contributed by atoms with E-state index in [1.54, 1.807) is 0 Å². The van der Waals surface area contributed by atoms with Gasteiger partial charge in [0.05, 0.1) is 11.2 Å². The summed E-state index contributed by atoms with van der Waals surface area (Å²) in [6, 6.07) is 8.40. The first-order valence-electron chi connectivity index (χ1n) is 7.09. The van der Waals surface area contributed by atoms with Crippen molar-refractivity contribution < 1.29 is 0 Å². The van der Waals surface area contributed by atoms with Crippen molar-refractivity contribution in [3.63, 3.8) is 0 Å². The fourth-order valence-corrected chi connectivity index (χ4v) is 2.24. The van der Waals surface area contributed by atoms with Gasteiger partial charge in [0.15, 0.2) is 0 Å². The van der Waals surface area contributed by atoms with E-state index in [0.29, 0.717) is 0 Å². The Morgan fingerprint density at radius 2 is 2.05 bits per heavy atom. The summed E-state index contributed by atoms with van der Waals surface area (Å²) < 4.78 is 1.96. The third kappa shape index (κ3) is 3.67. The maximum Gasteiger partial charge on any atom is 0.0740 e. The molecular formula is C16H23N3. The third-order valence-electron chi connectivity index (χ3n) is 3.23. The topological polar surface area (TPSA) is 29.9 Å². The smallest absolute Gasteiger partial charge is 0.0740 e.